The first-order valence-electron chi connectivity index (χ1n) is 8.87. The normalized spacial score (nSPS) is 14.6. The predicted molar refractivity (Wildman–Crippen MR) is 113 cm³/mol. The van der Waals surface area contributed by atoms with E-state index >= 15 is 0 Å². The standard InChI is InChI=1S/C18H28N4O3.HI/c1-3-19-17(20-9-8-15-6-5-7-16(23)14-15)21-10-12-22(13-11-21)18(24)25-4-2;/h5-7,14,23H,3-4,8-13H2,1-2H3,(H,19,20);1H. The number of phenols is 1. The SMILES string of the molecule is CCNC(=NCCc1cccc(O)c1)N1CCN(C(=O)OCC)CC1.I. The Morgan fingerprint density at radius 2 is 1.92 bits per heavy atom. The molecule has 1 aromatic carbocycles. The maximum absolute atomic E-state index is 11.8. The van der Waals surface area contributed by atoms with Gasteiger partial charge in [-0.25, -0.2) is 4.79 Å². The van der Waals surface area contributed by atoms with E-state index < -0.39 is 0 Å². The van der Waals surface area contributed by atoms with Crippen molar-refractivity contribution >= 4 is 36.0 Å². The minimum atomic E-state index is -0.243. The van der Waals surface area contributed by atoms with Crippen molar-refractivity contribution in [3.05, 3.63) is 29.8 Å². The number of nitrogens with one attached hydrogen (secondary N) is 1. The van der Waals surface area contributed by atoms with E-state index in [9.17, 15) is 9.90 Å². The van der Waals surface area contributed by atoms with Gasteiger partial charge in [0.15, 0.2) is 5.96 Å². The quantitative estimate of drug-likeness (QED) is 0.388. The molecule has 0 spiro atoms. The summed E-state index contributed by atoms with van der Waals surface area (Å²) in [6.07, 6.45) is 0.527. The van der Waals surface area contributed by atoms with Crippen LogP contribution in [0.4, 0.5) is 4.79 Å². The first kappa shape index (κ1) is 22.3. The van der Waals surface area contributed by atoms with Crippen molar-refractivity contribution in [3.8, 4) is 5.75 Å². The molecule has 0 atom stereocenters. The second kappa shape index (κ2) is 11.8. The molecule has 0 bridgehead atoms. The molecule has 0 aliphatic carbocycles. The molecule has 146 valence electrons. The number of rotatable bonds is 5. The van der Waals surface area contributed by atoms with Crippen molar-refractivity contribution in [1.29, 1.82) is 0 Å². The number of amides is 1. The summed E-state index contributed by atoms with van der Waals surface area (Å²) in [6.45, 7) is 8.43. The second-order valence-corrected chi connectivity index (χ2v) is 5.83. The minimum Gasteiger partial charge on any atom is -0.508 e. The van der Waals surface area contributed by atoms with Crippen molar-refractivity contribution in [2.75, 3.05) is 45.9 Å². The molecule has 1 aliphatic rings. The van der Waals surface area contributed by atoms with E-state index in [0.717, 1.165) is 37.6 Å². The monoisotopic (exact) mass is 476 g/mol. The molecular weight excluding hydrogens is 447 g/mol. The Bertz CT molecular complexity index is 590. The highest BCUT2D eigenvalue weighted by Crippen LogP contribution is 2.11. The number of phenolic OH excluding ortho intramolecular Hbond substituents is 1. The van der Waals surface area contributed by atoms with E-state index in [-0.39, 0.29) is 35.8 Å². The van der Waals surface area contributed by atoms with Crippen molar-refractivity contribution in [2.45, 2.75) is 20.3 Å². The van der Waals surface area contributed by atoms with Crippen molar-refractivity contribution in [2.24, 2.45) is 4.99 Å². The summed E-state index contributed by atoms with van der Waals surface area (Å²) in [6, 6.07) is 7.26. The molecule has 1 fully saturated rings. The van der Waals surface area contributed by atoms with Gasteiger partial charge in [-0.3, -0.25) is 4.99 Å². The van der Waals surface area contributed by atoms with E-state index in [4.69, 9.17) is 4.74 Å². The molecule has 1 aromatic rings. The van der Waals surface area contributed by atoms with Crippen LogP contribution in [-0.2, 0) is 11.2 Å². The van der Waals surface area contributed by atoms with Crippen LogP contribution < -0.4 is 5.32 Å². The summed E-state index contributed by atoms with van der Waals surface area (Å²) < 4.78 is 5.05. The van der Waals surface area contributed by atoms with E-state index in [0.29, 0.717) is 26.2 Å². The molecule has 1 amide bonds. The molecule has 8 heteroatoms. The van der Waals surface area contributed by atoms with Gasteiger partial charge in [-0.1, -0.05) is 12.1 Å². The highest BCUT2D eigenvalue weighted by Gasteiger charge is 2.23. The average Bonchev–Trinajstić information content (AvgIpc) is 2.61. The van der Waals surface area contributed by atoms with Crippen LogP contribution in [0.2, 0.25) is 0 Å². The third-order valence-electron chi connectivity index (χ3n) is 4.01. The number of hydrogen-bond donors (Lipinski definition) is 2. The zero-order valence-corrected chi connectivity index (χ0v) is 17.8. The van der Waals surface area contributed by atoms with Gasteiger partial charge >= 0.3 is 6.09 Å². The molecule has 2 rings (SSSR count). The molecule has 0 saturated carbocycles. The number of halogens is 1. The Morgan fingerprint density at radius 1 is 1.23 bits per heavy atom. The maximum Gasteiger partial charge on any atom is 0.409 e. The number of guanidine groups is 1. The number of hydrogen-bond acceptors (Lipinski definition) is 4. The lowest BCUT2D eigenvalue weighted by atomic mass is 10.1. The molecule has 1 aliphatic heterocycles. The second-order valence-electron chi connectivity index (χ2n) is 5.83. The van der Waals surface area contributed by atoms with E-state index in [2.05, 4.69) is 15.2 Å². The Balaban J connectivity index is 0.00000338. The summed E-state index contributed by atoms with van der Waals surface area (Å²) in [5.41, 5.74) is 1.06. The van der Waals surface area contributed by atoms with Gasteiger partial charge in [0, 0.05) is 39.3 Å². The lowest BCUT2D eigenvalue weighted by Gasteiger charge is -2.35. The van der Waals surface area contributed by atoms with Crippen LogP contribution in [0.5, 0.6) is 5.75 Å². The molecule has 0 radical (unpaired) electrons. The Labute approximate surface area is 172 Å². The summed E-state index contributed by atoms with van der Waals surface area (Å²) in [5.74, 6) is 1.15. The van der Waals surface area contributed by atoms with Crippen LogP contribution in [0, 0.1) is 0 Å². The number of benzene rings is 1. The molecule has 2 N–H and O–H groups in total. The van der Waals surface area contributed by atoms with E-state index in [1.54, 1.807) is 17.0 Å². The van der Waals surface area contributed by atoms with Crippen LogP contribution in [0.3, 0.4) is 0 Å². The topological polar surface area (TPSA) is 77.4 Å². The van der Waals surface area contributed by atoms with E-state index in [1.165, 1.54) is 0 Å². The van der Waals surface area contributed by atoms with Gasteiger partial charge in [0.05, 0.1) is 6.61 Å². The summed E-state index contributed by atoms with van der Waals surface area (Å²) in [5, 5.41) is 12.8. The third-order valence-corrected chi connectivity index (χ3v) is 4.01. The van der Waals surface area contributed by atoms with Gasteiger partial charge in [0.1, 0.15) is 5.75 Å². The maximum atomic E-state index is 11.8. The molecule has 0 unspecified atom stereocenters. The van der Waals surface area contributed by atoms with Crippen LogP contribution in [-0.4, -0.2) is 72.8 Å². The van der Waals surface area contributed by atoms with Crippen LogP contribution in [0.15, 0.2) is 29.3 Å². The first-order valence-corrected chi connectivity index (χ1v) is 8.87. The zero-order valence-electron chi connectivity index (χ0n) is 15.5. The largest absolute Gasteiger partial charge is 0.508 e. The fraction of sp³-hybridized carbons (Fsp3) is 0.556. The first-order chi connectivity index (χ1) is 12.1. The Hall–Kier alpha value is -1.71. The lowest BCUT2D eigenvalue weighted by molar-refractivity contribution is 0.0914. The smallest absolute Gasteiger partial charge is 0.409 e. The van der Waals surface area contributed by atoms with Gasteiger partial charge in [0.2, 0.25) is 0 Å². The number of aromatic hydroxyl groups is 1. The number of nitrogens with zero attached hydrogens (tertiary/aromatic N) is 3. The van der Waals surface area contributed by atoms with Crippen molar-refractivity contribution in [1.82, 2.24) is 15.1 Å². The van der Waals surface area contributed by atoms with E-state index in [1.807, 2.05) is 26.0 Å². The van der Waals surface area contributed by atoms with Gasteiger partial charge in [-0.15, -0.1) is 24.0 Å². The van der Waals surface area contributed by atoms with Crippen LogP contribution in [0.25, 0.3) is 0 Å². The third kappa shape index (κ3) is 6.89. The molecular formula is C18H29IN4O3. The van der Waals surface area contributed by atoms with Crippen LogP contribution >= 0.6 is 24.0 Å². The summed E-state index contributed by atoms with van der Waals surface area (Å²) in [7, 11) is 0. The lowest BCUT2D eigenvalue weighted by Crippen LogP contribution is -2.54. The molecule has 7 nitrogen and oxygen atoms in total. The minimum absolute atomic E-state index is 0. The Kier molecular flexibility index (Phi) is 10.2. The molecule has 1 saturated heterocycles. The molecule has 0 aromatic heterocycles. The number of ether oxygens (including phenoxy) is 1. The van der Waals surface area contributed by atoms with Gasteiger partial charge < -0.3 is 25.0 Å². The van der Waals surface area contributed by atoms with Gasteiger partial charge in [-0.05, 0) is 38.0 Å². The zero-order chi connectivity index (χ0) is 18.1. The highest BCUT2D eigenvalue weighted by molar-refractivity contribution is 14.0. The van der Waals surface area contributed by atoms with Gasteiger partial charge in [-0.2, -0.15) is 0 Å². The average molecular weight is 476 g/mol. The molecule has 1 heterocycles. The fourth-order valence-electron chi connectivity index (χ4n) is 2.74. The summed E-state index contributed by atoms with van der Waals surface area (Å²) in [4.78, 5) is 20.4. The highest BCUT2D eigenvalue weighted by atomic mass is 127. The number of carbonyl (C=O) groups is 1. The number of aliphatic imine (C=N–C) groups is 1. The number of piperazine rings is 1. The Morgan fingerprint density at radius 3 is 2.54 bits per heavy atom. The summed E-state index contributed by atoms with van der Waals surface area (Å²) >= 11 is 0. The predicted octanol–water partition coefficient (Wildman–Crippen LogP) is 2.29. The molecule has 26 heavy (non-hydrogen) atoms. The fourth-order valence-corrected chi connectivity index (χ4v) is 2.74. The van der Waals surface area contributed by atoms with Crippen molar-refractivity contribution < 1.29 is 14.6 Å². The number of carbonyl (C=O) groups excluding carboxylic acids is 1. The van der Waals surface area contributed by atoms with Gasteiger partial charge in [0.25, 0.3) is 0 Å². The van der Waals surface area contributed by atoms with Crippen LogP contribution in [0.1, 0.15) is 19.4 Å². The van der Waals surface area contributed by atoms with Crippen molar-refractivity contribution in [3.63, 3.8) is 0 Å².